The van der Waals surface area contributed by atoms with Crippen LogP contribution in [0.2, 0.25) is 0 Å². The van der Waals surface area contributed by atoms with Crippen molar-refractivity contribution in [2.75, 3.05) is 38.0 Å². The Balaban J connectivity index is 0.950. The molecule has 1 saturated heterocycles. The van der Waals surface area contributed by atoms with E-state index in [-0.39, 0.29) is 5.97 Å². The molecule has 61 heavy (non-hydrogen) atoms. The van der Waals surface area contributed by atoms with Gasteiger partial charge >= 0.3 is 11.9 Å². The molecule has 3 unspecified atom stereocenters. The Kier molecular flexibility index (Phi) is 16.2. The van der Waals surface area contributed by atoms with Crippen LogP contribution in [0.15, 0.2) is 96.6 Å². The smallest absolute Gasteiger partial charge is 0.335 e. The highest BCUT2D eigenvalue weighted by Crippen LogP contribution is 2.39. The number of unbranched alkanes of at least 4 members (excludes halogenated alkanes) is 4. The molecule has 5 aromatic rings. The molecule has 0 N–H and O–H groups in total. The number of hydrogen-bond donors (Lipinski definition) is 0. The second-order valence-corrected chi connectivity index (χ2v) is 16.7. The van der Waals surface area contributed by atoms with Crippen molar-refractivity contribution in [3.8, 4) is 17.2 Å². The van der Waals surface area contributed by atoms with Gasteiger partial charge in [-0.05, 0) is 109 Å². The molecule has 2 aliphatic rings. The fourth-order valence-corrected chi connectivity index (χ4v) is 8.39. The van der Waals surface area contributed by atoms with E-state index in [1.165, 1.54) is 24.2 Å². The number of hydrogen-bond acceptors (Lipinski definition) is 12. The Morgan fingerprint density at radius 1 is 0.885 bits per heavy atom. The second-order valence-electron chi connectivity index (χ2n) is 15.7. The van der Waals surface area contributed by atoms with Crippen molar-refractivity contribution in [3.05, 3.63) is 103 Å². The minimum Gasteiger partial charge on any atom is -0.493 e. The molecule has 322 valence electrons. The summed E-state index contributed by atoms with van der Waals surface area (Å²) in [5, 5.41) is 9.55. The number of thiazole rings is 1. The van der Waals surface area contributed by atoms with Crippen LogP contribution < -0.4 is 19.2 Å². The zero-order valence-corrected chi connectivity index (χ0v) is 36.0. The van der Waals surface area contributed by atoms with Gasteiger partial charge in [0.05, 0.1) is 41.9 Å². The third-order valence-corrected chi connectivity index (χ3v) is 12.0. The summed E-state index contributed by atoms with van der Waals surface area (Å²) in [4.78, 5) is 29.5. The number of hydrazone groups is 1. The molecule has 1 aliphatic carbocycles. The van der Waals surface area contributed by atoms with Crippen molar-refractivity contribution < 1.29 is 38.0 Å². The number of ether oxygens (including phenoxy) is 6. The van der Waals surface area contributed by atoms with Crippen LogP contribution in [0.4, 0.5) is 5.13 Å². The van der Waals surface area contributed by atoms with E-state index >= 15 is 0 Å². The molecule has 2 fully saturated rings. The van der Waals surface area contributed by atoms with Gasteiger partial charge in [0.25, 0.3) is 0 Å². The van der Waals surface area contributed by atoms with Gasteiger partial charge in [0.2, 0.25) is 5.13 Å². The van der Waals surface area contributed by atoms with Crippen LogP contribution in [0.5, 0.6) is 17.2 Å². The van der Waals surface area contributed by atoms with Crippen molar-refractivity contribution in [3.63, 3.8) is 0 Å². The van der Waals surface area contributed by atoms with Gasteiger partial charge in [-0.15, -0.1) is 0 Å². The lowest BCUT2D eigenvalue weighted by Gasteiger charge is -2.18. The number of anilines is 1. The van der Waals surface area contributed by atoms with Crippen LogP contribution in [0.25, 0.3) is 21.0 Å². The quantitative estimate of drug-likeness (QED) is 0.0107. The zero-order valence-electron chi connectivity index (χ0n) is 35.1. The average molecular weight is 848 g/mol. The van der Waals surface area contributed by atoms with Gasteiger partial charge in [0.15, 0.2) is 0 Å². The Hall–Kier alpha value is -5.30. The third-order valence-electron chi connectivity index (χ3n) is 10.9. The molecule has 0 amide bonds. The maximum absolute atomic E-state index is 12.4. The van der Waals surface area contributed by atoms with Crippen LogP contribution in [-0.4, -0.2) is 68.3 Å². The molecule has 4 aromatic carbocycles. The molecule has 0 spiro atoms. The van der Waals surface area contributed by atoms with Crippen LogP contribution in [-0.2, 0) is 30.4 Å². The van der Waals surface area contributed by atoms with E-state index in [0.29, 0.717) is 92.6 Å². The normalized spacial score (nSPS) is 17.0. The molecule has 7 rings (SSSR count). The predicted octanol–water partition coefficient (Wildman–Crippen LogP) is 10.6. The van der Waals surface area contributed by atoms with Gasteiger partial charge < -0.3 is 28.4 Å². The van der Waals surface area contributed by atoms with Crippen molar-refractivity contribution >= 4 is 55.6 Å². The summed E-state index contributed by atoms with van der Waals surface area (Å²) < 4.78 is 36.0. The summed E-state index contributed by atoms with van der Waals surface area (Å²) in [6, 6.07) is 25.5. The van der Waals surface area contributed by atoms with E-state index in [1.54, 1.807) is 24.4 Å². The molecular weight excluding hydrogens is 791 g/mol. The van der Waals surface area contributed by atoms with Gasteiger partial charge in [-0.3, -0.25) is 4.79 Å². The predicted molar refractivity (Wildman–Crippen MR) is 241 cm³/mol. The molecule has 12 heteroatoms. The lowest BCUT2D eigenvalue weighted by atomic mass is 9.90. The lowest BCUT2D eigenvalue weighted by Crippen LogP contribution is -2.19. The largest absolute Gasteiger partial charge is 0.493 e. The molecule has 11 nitrogen and oxygen atoms in total. The molecule has 1 saturated carbocycles. The monoisotopic (exact) mass is 847 g/mol. The van der Waals surface area contributed by atoms with E-state index < -0.39 is 5.97 Å². The van der Waals surface area contributed by atoms with Crippen molar-refractivity contribution in [2.24, 2.45) is 11.0 Å². The minimum absolute atomic E-state index is 0.176. The Bertz CT molecular complexity index is 2220. The Labute approximate surface area is 362 Å². The second kappa shape index (κ2) is 22.5. The van der Waals surface area contributed by atoms with Gasteiger partial charge in [-0.25, -0.2) is 14.8 Å². The zero-order chi connectivity index (χ0) is 42.2. The van der Waals surface area contributed by atoms with Crippen LogP contribution in [0.3, 0.4) is 0 Å². The van der Waals surface area contributed by atoms with E-state index in [9.17, 15) is 9.59 Å². The Morgan fingerprint density at radius 3 is 2.61 bits per heavy atom. The number of para-hydroxylation sites is 1. The first kappa shape index (κ1) is 43.8. The van der Waals surface area contributed by atoms with E-state index in [2.05, 4.69) is 37.8 Å². The number of rotatable bonds is 25. The van der Waals surface area contributed by atoms with Crippen LogP contribution in [0.1, 0.15) is 88.7 Å². The summed E-state index contributed by atoms with van der Waals surface area (Å²) >= 11 is 1.53. The number of aromatic nitrogens is 1. The van der Waals surface area contributed by atoms with Crippen LogP contribution >= 0.6 is 11.3 Å². The molecule has 1 aliphatic heterocycles. The maximum Gasteiger partial charge on any atom is 0.335 e. The fraction of sp³-hybridized carbons (Fsp3) is 0.429. The van der Waals surface area contributed by atoms with E-state index in [0.717, 1.165) is 83.5 Å². The number of nitrogens with zero attached hydrogens (tertiary/aromatic N) is 3. The first-order valence-electron chi connectivity index (χ1n) is 21.8. The molecule has 0 radical (unpaired) electrons. The molecule has 2 heterocycles. The third kappa shape index (κ3) is 13.3. The number of fused-ring (bicyclic) bond motifs is 3. The Morgan fingerprint density at radius 2 is 1.74 bits per heavy atom. The first-order chi connectivity index (χ1) is 29.9. The van der Waals surface area contributed by atoms with E-state index in [4.69, 9.17) is 38.5 Å². The average Bonchev–Trinajstić information content (AvgIpc) is 3.93. The highest BCUT2D eigenvalue weighted by Gasteiger charge is 2.43. The van der Waals surface area contributed by atoms with Gasteiger partial charge in [-0.2, -0.15) is 5.10 Å². The summed E-state index contributed by atoms with van der Waals surface area (Å²) in [7, 11) is 0. The van der Waals surface area contributed by atoms with Gasteiger partial charge in [0, 0.05) is 44.2 Å². The summed E-state index contributed by atoms with van der Waals surface area (Å²) in [5.74, 6) is 1.59. The lowest BCUT2D eigenvalue weighted by molar-refractivity contribution is -0.143. The van der Waals surface area contributed by atoms with Crippen LogP contribution in [0, 0.1) is 5.92 Å². The first-order valence-corrected chi connectivity index (χ1v) is 22.6. The van der Waals surface area contributed by atoms with Gasteiger partial charge in [-0.1, -0.05) is 74.4 Å². The fourth-order valence-electron chi connectivity index (χ4n) is 7.44. The highest BCUT2D eigenvalue weighted by molar-refractivity contribution is 7.22. The molecule has 1 aromatic heterocycles. The van der Waals surface area contributed by atoms with Crippen molar-refractivity contribution in [1.82, 2.24) is 4.98 Å². The van der Waals surface area contributed by atoms with Crippen molar-refractivity contribution in [2.45, 2.75) is 96.4 Å². The van der Waals surface area contributed by atoms with Crippen molar-refractivity contribution in [1.29, 1.82) is 0 Å². The summed E-state index contributed by atoms with van der Waals surface area (Å²) in [6.45, 7) is 9.13. The van der Waals surface area contributed by atoms with E-state index in [1.807, 2.05) is 41.4 Å². The number of carbonyl (C=O) groups is 2. The number of benzene rings is 4. The minimum atomic E-state index is -0.584. The number of carbonyl (C=O) groups excluding carboxylic acids is 2. The highest BCUT2D eigenvalue weighted by atomic mass is 32.1. The SMILES string of the molecule is C=CC(=O)Oc1ccc(OCc2ccc3cc(OCCCOCC4CCC5OC5C4)ccc3c2)cc1/C=N/N(CCCCC(=O)OCCCCCC)c1nc2ccccc2s1. The number of esters is 2. The topological polar surface area (TPSA) is 121 Å². The summed E-state index contributed by atoms with van der Waals surface area (Å²) in [6.07, 6.45) is 14.1. The molecule has 0 bridgehead atoms. The molecular formula is C49H57N3O8S. The standard InChI is InChI=1S/C49H57N3O8S/c1-3-5-6-11-26-57-48(54)15-9-10-24-52(49-51-42-13-7-8-14-46(42)61-49)50-32-39-31-41(21-23-43(39)60-47(53)4-2)58-34-35-16-18-38-30-40(20-19-37(38)28-35)56-27-12-25-55-33-36-17-22-44-45(29-36)59-44/h4,7-8,13-14,16,18-21,23,28,30-32,36,44-45H,2-3,5-6,9-12,15,17,22,24-27,29,33-34H2,1H3/b50-32+. The van der Waals surface area contributed by atoms with Gasteiger partial charge in [0.1, 0.15) is 23.9 Å². The number of epoxide rings is 1. The maximum atomic E-state index is 12.4. The summed E-state index contributed by atoms with van der Waals surface area (Å²) in [5.41, 5.74) is 2.42. The molecule has 3 atom stereocenters.